The highest BCUT2D eigenvalue weighted by molar-refractivity contribution is 9.10. The molecular weight excluding hydrogens is 300 g/mol. The van der Waals surface area contributed by atoms with Gasteiger partial charge in [0.25, 0.3) is 0 Å². The lowest BCUT2D eigenvalue weighted by atomic mass is 10.1. The van der Waals surface area contributed by atoms with Gasteiger partial charge in [-0.15, -0.1) is 0 Å². The molecule has 0 heterocycles. The van der Waals surface area contributed by atoms with Gasteiger partial charge in [-0.2, -0.15) is 13.2 Å². The number of alkyl halides is 4. The maximum absolute atomic E-state index is 12.5. The first kappa shape index (κ1) is 12.6. The molecule has 0 N–H and O–H groups in total. The second-order valence-corrected chi connectivity index (χ2v) is 4.74. The number of benzene rings is 1. The molecule has 0 atom stereocenters. The van der Waals surface area contributed by atoms with Gasteiger partial charge in [-0.05, 0) is 42.2 Å². The van der Waals surface area contributed by atoms with Crippen LogP contribution in [0.1, 0.15) is 24.0 Å². The quantitative estimate of drug-likeness (QED) is 0.690. The summed E-state index contributed by atoms with van der Waals surface area (Å²) in [6.45, 7) is -0.463. The van der Waals surface area contributed by atoms with E-state index in [1.54, 1.807) is 0 Å². The van der Waals surface area contributed by atoms with Crippen LogP contribution in [0.5, 0.6) is 0 Å². The maximum atomic E-state index is 12.5. The highest BCUT2D eigenvalue weighted by atomic mass is 79.9. The van der Waals surface area contributed by atoms with E-state index >= 15 is 0 Å². The van der Waals surface area contributed by atoms with Gasteiger partial charge in [0, 0.05) is 4.47 Å². The van der Waals surface area contributed by atoms with E-state index < -0.39 is 18.4 Å². The van der Waals surface area contributed by atoms with Crippen molar-refractivity contribution in [3.8, 4) is 0 Å². The Kier molecular flexibility index (Phi) is 3.30. The second-order valence-electron chi connectivity index (χ2n) is 3.89. The topological polar surface area (TPSA) is 0 Å². The molecule has 2 rings (SSSR count). The lowest BCUT2D eigenvalue weighted by Crippen LogP contribution is -2.04. The van der Waals surface area contributed by atoms with Crippen molar-refractivity contribution in [2.24, 2.45) is 0 Å². The molecule has 0 amide bonds. The third kappa shape index (κ3) is 2.70. The fourth-order valence-corrected chi connectivity index (χ4v) is 2.23. The Balaban J connectivity index is 2.35. The highest BCUT2D eigenvalue weighted by Gasteiger charge is 2.32. The minimum atomic E-state index is -4.34. The van der Waals surface area contributed by atoms with Crippen molar-refractivity contribution in [2.75, 3.05) is 6.67 Å². The molecule has 0 bridgehead atoms. The molecule has 1 aliphatic rings. The SMILES string of the molecule is FCCC1=C(c2cc(C(F)(F)F)ccc2Br)C1. The summed E-state index contributed by atoms with van der Waals surface area (Å²) in [5.41, 5.74) is 1.60. The Morgan fingerprint density at radius 3 is 2.53 bits per heavy atom. The second kappa shape index (κ2) is 4.44. The molecule has 1 aliphatic carbocycles. The van der Waals surface area contributed by atoms with Crippen LogP contribution in [-0.4, -0.2) is 6.67 Å². The van der Waals surface area contributed by atoms with Crippen molar-refractivity contribution in [3.63, 3.8) is 0 Å². The van der Waals surface area contributed by atoms with E-state index in [4.69, 9.17) is 0 Å². The zero-order valence-corrected chi connectivity index (χ0v) is 10.3. The van der Waals surface area contributed by atoms with Gasteiger partial charge in [0.1, 0.15) is 0 Å². The van der Waals surface area contributed by atoms with E-state index in [1.165, 1.54) is 6.07 Å². The standard InChI is InChI=1S/C12H9BrF4/c13-11-2-1-8(12(15,16)17)6-10(11)9-5-7(9)3-4-14/h1-2,6H,3-5H2. The number of hydrogen-bond acceptors (Lipinski definition) is 0. The summed E-state index contributed by atoms with van der Waals surface area (Å²) in [5.74, 6) is 0. The lowest BCUT2D eigenvalue weighted by molar-refractivity contribution is -0.137. The van der Waals surface area contributed by atoms with E-state index in [0.717, 1.165) is 23.3 Å². The molecule has 5 heteroatoms. The average molecular weight is 309 g/mol. The third-order valence-corrected chi connectivity index (χ3v) is 3.40. The minimum Gasteiger partial charge on any atom is -0.251 e. The number of allylic oxidation sites excluding steroid dienone is 2. The summed E-state index contributed by atoms with van der Waals surface area (Å²) in [5, 5.41) is 0. The molecule has 0 saturated heterocycles. The van der Waals surface area contributed by atoms with Gasteiger partial charge in [-0.25, -0.2) is 0 Å². The predicted octanol–water partition coefficient (Wildman–Crippen LogP) is 4.98. The van der Waals surface area contributed by atoms with Crippen LogP contribution in [0.2, 0.25) is 0 Å². The molecule has 0 aromatic heterocycles. The van der Waals surface area contributed by atoms with Gasteiger partial charge >= 0.3 is 6.18 Å². The molecule has 0 radical (unpaired) electrons. The molecule has 92 valence electrons. The van der Waals surface area contributed by atoms with E-state index in [0.29, 0.717) is 22.9 Å². The van der Waals surface area contributed by atoms with Crippen molar-refractivity contribution in [1.82, 2.24) is 0 Å². The van der Waals surface area contributed by atoms with Crippen LogP contribution in [0.15, 0.2) is 28.2 Å². The predicted molar refractivity (Wildman–Crippen MR) is 61.3 cm³/mol. The molecule has 0 aliphatic heterocycles. The smallest absolute Gasteiger partial charge is 0.251 e. The van der Waals surface area contributed by atoms with Gasteiger partial charge < -0.3 is 0 Å². The fraction of sp³-hybridized carbons (Fsp3) is 0.333. The van der Waals surface area contributed by atoms with E-state index in [1.807, 2.05) is 0 Å². The third-order valence-electron chi connectivity index (χ3n) is 2.71. The Bertz CT molecular complexity index is 474. The lowest BCUT2D eigenvalue weighted by Gasteiger charge is -2.08. The molecule has 0 fully saturated rings. The fourth-order valence-electron chi connectivity index (χ4n) is 1.74. The van der Waals surface area contributed by atoms with Crippen LogP contribution in [0.3, 0.4) is 0 Å². The molecular formula is C12H9BrF4. The first-order valence-electron chi connectivity index (χ1n) is 5.07. The molecule has 1 aromatic rings. The number of hydrogen-bond donors (Lipinski definition) is 0. The average Bonchev–Trinajstić information content (AvgIpc) is 2.96. The Morgan fingerprint density at radius 2 is 1.94 bits per heavy atom. The maximum Gasteiger partial charge on any atom is 0.416 e. The van der Waals surface area contributed by atoms with Gasteiger partial charge in [0.15, 0.2) is 0 Å². The van der Waals surface area contributed by atoms with Crippen LogP contribution < -0.4 is 0 Å². The van der Waals surface area contributed by atoms with Crippen molar-refractivity contribution in [1.29, 1.82) is 0 Å². The molecule has 0 nitrogen and oxygen atoms in total. The first-order valence-corrected chi connectivity index (χ1v) is 5.86. The first-order chi connectivity index (χ1) is 7.93. The minimum absolute atomic E-state index is 0.317. The van der Waals surface area contributed by atoms with Crippen LogP contribution in [0.25, 0.3) is 5.57 Å². The summed E-state index contributed by atoms with van der Waals surface area (Å²) in [6, 6.07) is 3.53. The number of halogens is 5. The van der Waals surface area contributed by atoms with Gasteiger partial charge in [0.05, 0.1) is 12.2 Å². The highest BCUT2D eigenvalue weighted by Crippen LogP contribution is 2.46. The monoisotopic (exact) mass is 308 g/mol. The van der Waals surface area contributed by atoms with Crippen LogP contribution in [0, 0.1) is 0 Å². The van der Waals surface area contributed by atoms with Crippen molar-refractivity contribution in [3.05, 3.63) is 39.4 Å². The molecule has 17 heavy (non-hydrogen) atoms. The van der Waals surface area contributed by atoms with Crippen molar-refractivity contribution < 1.29 is 17.6 Å². The van der Waals surface area contributed by atoms with Crippen LogP contribution in [0.4, 0.5) is 17.6 Å². The normalized spacial score (nSPS) is 15.4. The van der Waals surface area contributed by atoms with Gasteiger partial charge in [0.2, 0.25) is 0 Å². The summed E-state index contributed by atoms with van der Waals surface area (Å²) in [6.07, 6.45) is -3.41. The summed E-state index contributed by atoms with van der Waals surface area (Å²) in [4.78, 5) is 0. The Morgan fingerprint density at radius 1 is 1.24 bits per heavy atom. The molecule has 0 unspecified atom stereocenters. The Hall–Kier alpha value is -0.840. The van der Waals surface area contributed by atoms with E-state index in [2.05, 4.69) is 15.9 Å². The number of rotatable bonds is 3. The summed E-state index contributed by atoms with van der Waals surface area (Å²) in [7, 11) is 0. The molecule has 0 spiro atoms. The van der Waals surface area contributed by atoms with Crippen LogP contribution >= 0.6 is 15.9 Å². The largest absolute Gasteiger partial charge is 0.416 e. The van der Waals surface area contributed by atoms with Gasteiger partial charge in [-0.3, -0.25) is 4.39 Å². The van der Waals surface area contributed by atoms with E-state index in [9.17, 15) is 17.6 Å². The van der Waals surface area contributed by atoms with Crippen molar-refractivity contribution in [2.45, 2.75) is 19.0 Å². The Labute approximate surface area is 104 Å². The molecule has 1 aromatic carbocycles. The molecule has 0 saturated carbocycles. The van der Waals surface area contributed by atoms with Gasteiger partial charge in [-0.1, -0.05) is 21.5 Å². The summed E-state index contributed by atoms with van der Waals surface area (Å²) < 4.78 is 50.3. The zero-order valence-electron chi connectivity index (χ0n) is 8.74. The van der Waals surface area contributed by atoms with E-state index in [-0.39, 0.29) is 0 Å². The zero-order chi connectivity index (χ0) is 12.6. The summed E-state index contributed by atoms with van der Waals surface area (Å²) >= 11 is 3.22. The van der Waals surface area contributed by atoms with Crippen LogP contribution in [-0.2, 0) is 6.18 Å². The van der Waals surface area contributed by atoms with Crippen molar-refractivity contribution >= 4 is 21.5 Å².